The van der Waals surface area contributed by atoms with E-state index in [1.807, 2.05) is 6.07 Å². The van der Waals surface area contributed by atoms with Gasteiger partial charge in [0.2, 0.25) is 0 Å². The van der Waals surface area contributed by atoms with Crippen molar-refractivity contribution in [3.8, 4) is 5.75 Å². The van der Waals surface area contributed by atoms with Crippen LogP contribution in [0.5, 0.6) is 5.75 Å². The van der Waals surface area contributed by atoms with E-state index in [0.29, 0.717) is 24.5 Å². The molecule has 0 saturated heterocycles. The van der Waals surface area contributed by atoms with E-state index < -0.39 is 6.10 Å². The molecule has 0 spiro atoms. The molecule has 3 N–H and O–H groups in total. The summed E-state index contributed by atoms with van der Waals surface area (Å²) < 4.78 is 5.57. The monoisotopic (exact) mass is 367 g/mol. The van der Waals surface area contributed by atoms with Crippen molar-refractivity contribution in [2.24, 2.45) is 0 Å². The number of anilines is 1. The van der Waals surface area contributed by atoms with E-state index in [-0.39, 0.29) is 12.5 Å². The van der Waals surface area contributed by atoms with Crippen LogP contribution in [-0.2, 0) is 13.0 Å². The summed E-state index contributed by atoms with van der Waals surface area (Å²) in [6.45, 7) is 3.91. The molecule has 27 heavy (non-hydrogen) atoms. The number of fused-ring (bicyclic) bond motifs is 2. The number of aliphatic hydroxyl groups is 1. The Labute approximate surface area is 159 Å². The number of hydrogen-bond donors (Lipinski definition) is 3. The Morgan fingerprint density at radius 1 is 1.26 bits per heavy atom. The zero-order valence-electron chi connectivity index (χ0n) is 15.3. The highest BCUT2D eigenvalue weighted by Crippen LogP contribution is 2.28. The first-order valence-electron chi connectivity index (χ1n) is 9.45. The van der Waals surface area contributed by atoms with Crippen LogP contribution < -0.4 is 15.4 Å². The Hall–Kier alpha value is -2.57. The summed E-state index contributed by atoms with van der Waals surface area (Å²) in [5.41, 5.74) is 4.16. The average molecular weight is 367 g/mol. The van der Waals surface area contributed by atoms with Crippen molar-refractivity contribution in [2.75, 3.05) is 38.1 Å². The van der Waals surface area contributed by atoms with E-state index in [2.05, 4.69) is 39.8 Å². The Morgan fingerprint density at radius 3 is 3.00 bits per heavy atom. The number of ether oxygens (including phenoxy) is 1. The highest BCUT2D eigenvalue weighted by molar-refractivity contribution is 5.95. The number of hydrogen-bond acceptors (Lipinski definition) is 5. The van der Waals surface area contributed by atoms with E-state index in [4.69, 9.17) is 4.74 Å². The second-order valence-corrected chi connectivity index (χ2v) is 7.10. The lowest BCUT2D eigenvalue weighted by molar-refractivity contribution is 0.0841. The van der Waals surface area contributed by atoms with Gasteiger partial charge in [0.05, 0.1) is 11.8 Å². The Balaban J connectivity index is 1.28. The van der Waals surface area contributed by atoms with Gasteiger partial charge < -0.3 is 20.5 Å². The zero-order valence-corrected chi connectivity index (χ0v) is 15.3. The number of rotatable bonds is 5. The summed E-state index contributed by atoms with van der Waals surface area (Å²) in [7, 11) is 0. The average Bonchev–Trinajstić information content (AvgIpc) is 2.71. The maximum absolute atomic E-state index is 12.4. The third kappa shape index (κ3) is 4.23. The van der Waals surface area contributed by atoms with Crippen molar-refractivity contribution >= 4 is 11.6 Å². The van der Waals surface area contributed by atoms with E-state index in [0.717, 1.165) is 31.7 Å². The summed E-state index contributed by atoms with van der Waals surface area (Å²) in [5.74, 6) is 0.497. The topological polar surface area (TPSA) is 73.8 Å². The molecule has 2 aromatic carbocycles. The number of carbonyl (C=O) groups excluding carboxylic acids is 1. The molecule has 2 aromatic rings. The molecule has 1 atom stereocenters. The minimum Gasteiger partial charge on any atom is -0.490 e. The fraction of sp³-hybridized carbons (Fsp3) is 0.381. The van der Waals surface area contributed by atoms with Crippen LogP contribution in [0.25, 0.3) is 0 Å². The minimum atomic E-state index is -0.602. The van der Waals surface area contributed by atoms with Gasteiger partial charge in [-0.25, -0.2) is 0 Å². The zero-order chi connectivity index (χ0) is 18.6. The van der Waals surface area contributed by atoms with Crippen molar-refractivity contribution in [1.29, 1.82) is 0 Å². The molecule has 0 aliphatic carbocycles. The molecule has 1 amide bonds. The Kier molecular flexibility index (Phi) is 5.27. The van der Waals surface area contributed by atoms with Gasteiger partial charge in [0.1, 0.15) is 12.4 Å². The van der Waals surface area contributed by atoms with Crippen LogP contribution in [0.1, 0.15) is 21.5 Å². The predicted molar refractivity (Wildman–Crippen MR) is 104 cm³/mol. The molecule has 0 fully saturated rings. The maximum atomic E-state index is 12.4. The number of β-amino-alcohol motifs (C(OH)–C–C–N with tert-alkyl or cyclic N) is 1. The number of benzene rings is 2. The third-order valence-electron chi connectivity index (χ3n) is 5.10. The normalized spacial score (nSPS) is 17.1. The van der Waals surface area contributed by atoms with Crippen molar-refractivity contribution in [1.82, 2.24) is 10.2 Å². The Morgan fingerprint density at radius 2 is 2.11 bits per heavy atom. The highest BCUT2D eigenvalue weighted by Gasteiger charge is 2.19. The van der Waals surface area contributed by atoms with Crippen molar-refractivity contribution < 1.29 is 14.6 Å². The van der Waals surface area contributed by atoms with Gasteiger partial charge in [-0.1, -0.05) is 24.3 Å². The maximum Gasteiger partial charge on any atom is 0.251 e. The Bertz CT molecular complexity index is 824. The quantitative estimate of drug-likeness (QED) is 0.749. The number of amides is 1. The fourth-order valence-corrected chi connectivity index (χ4v) is 3.66. The molecule has 2 aliphatic rings. The summed E-state index contributed by atoms with van der Waals surface area (Å²) in [4.78, 5) is 14.6. The molecule has 2 heterocycles. The summed E-state index contributed by atoms with van der Waals surface area (Å²) >= 11 is 0. The molecule has 0 bridgehead atoms. The molecule has 0 radical (unpaired) electrons. The van der Waals surface area contributed by atoms with Crippen LogP contribution in [0.15, 0.2) is 42.5 Å². The molecular weight excluding hydrogens is 342 g/mol. The lowest BCUT2D eigenvalue weighted by Gasteiger charge is -2.30. The first-order valence-corrected chi connectivity index (χ1v) is 9.45. The number of carbonyl (C=O) groups is 1. The van der Waals surface area contributed by atoms with Gasteiger partial charge in [0.25, 0.3) is 5.91 Å². The second-order valence-electron chi connectivity index (χ2n) is 7.10. The minimum absolute atomic E-state index is 0.199. The fourth-order valence-electron chi connectivity index (χ4n) is 3.66. The van der Waals surface area contributed by atoms with Gasteiger partial charge in [-0.3, -0.25) is 9.69 Å². The van der Waals surface area contributed by atoms with Crippen LogP contribution in [-0.4, -0.2) is 54.8 Å². The first-order chi connectivity index (χ1) is 13.2. The standard InChI is InChI=1S/C21H25N3O3/c25-18(14-24-9-7-15-3-1-2-4-17(15)13-24)12-23-21(26)16-5-6-19-20(11-16)27-10-8-22-19/h1-6,11,18,22,25H,7-10,12-14H2,(H,23,26). The van der Waals surface area contributed by atoms with Gasteiger partial charge >= 0.3 is 0 Å². The summed E-state index contributed by atoms with van der Waals surface area (Å²) in [6.07, 6.45) is 0.396. The predicted octanol–water partition coefficient (Wildman–Crippen LogP) is 1.64. The molecular formula is C21H25N3O3. The number of aliphatic hydroxyl groups excluding tert-OH is 1. The van der Waals surface area contributed by atoms with E-state index in [1.54, 1.807) is 12.1 Å². The molecule has 6 heteroatoms. The van der Waals surface area contributed by atoms with Crippen LogP contribution in [0.2, 0.25) is 0 Å². The second kappa shape index (κ2) is 7.98. The van der Waals surface area contributed by atoms with Crippen LogP contribution in [0.3, 0.4) is 0 Å². The SMILES string of the molecule is O=C(NCC(O)CN1CCc2ccccc2C1)c1ccc2c(c1)OCCN2. The third-order valence-corrected chi connectivity index (χ3v) is 5.10. The largest absolute Gasteiger partial charge is 0.490 e. The smallest absolute Gasteiger partial charge is 0.251 e. The van der Waals surface area contributed by atoms with Gasteiger partial charge in [0.15, 0.2) is 0 Å². The highest BCUT2D eigenvalue weighted by atomic mass is 16.5. The molecule has 1 unspecified atom stereocenters. The van der Waals surface area contributed by atoms with Crippen molar-refractivity contribution in [3.63, 3.8) is 0 Å². The lowest BCUT2D eigenvalue weighted by atomic mass is 10.00. The van der Waals surface area contributed by atoms with Gasteiger partial charge in [-0.05, 0) is 35.7 Å². The van der Waals surface area contributed by atoms with Crippen molar-refractivity contribution in [3.05, 3.63) is 59.2 Å². The number of nitrogens with one attached hydrogen (secondary N) is 2. The van der Waals surface area contributed by atoms with Gasteiger partial charge in [-0.15, -0.1) is 0 Å². The molecule has 0 saturated carbocycles. The molecule has 0 aromatic heterocycles. The summed E-state index contributed by atoms with van der Waals surface area (Å²) in [6, 6.07) is 13.8. The van der Waals surface area contributed by atoms with Crippen LogP contribution >= 0.6 is 0 Å². The molecule has 6 nitrogen and oxygen atoms in total. The van der Waals surface area contributed by atoms with Crippen LogP contribution in [0, 0.1) is 0 Å². The number of nitrogens with zero attached hydrogens (tertiary/aromatic N) is 1. The van der Waals surface area contributed by atoms with Gasteiger partial charge in [0, 0.05) is 38.3 Å². The lowest BCUT2D eigenvalue weighted by Crippen LogP contribution is -2.42. The van der Waals surface area contributed by atoms with E-state index in [9.17, 15) is 9.90 Å². The molecule has 2 aliphatic heterocycles. The van der Waals surface area contributed by atoms with E-state index >= 15 is 0 Å². The van der Waals surface area contributed by atoms with Crippen LogP contribution in [0.4, 0.5) is 5.69 Å². The summed E-state index contributed by atoms with van der Waals surface area (Å²) in [5, 5.41) is 16.4. The van der Waals surface area contributed by atoms with E-state index in [1.165, 1.54) is 11.1 Å². The van der Waals surface area contributed by atoms with Gasteiger partial charge in [-0.2, -0.15) is 0 Å². The molecule has 142 valence electrons. The van der Waals surface area contributed by atoms with Crippen molar-refractivity contribution in [2.45, 2.75) is 19.1 Å². The molecule has 4 rings (SSSR count). The first kappa shape index (κ1) is 17.8.